The molecule has 0 N–H and O–H groups in total. The number of nitrogens with zero attached hydrogens (tertiary/aromatic N) is 2. The van der Waals surface area contributed by atoms with Gasteiger partial charge in [0.25, 0.3) is 0 Å². The minimum absolute atomic E-state index is 0.803. The predicted molar refractivity (Wildman–Crippen MR) is 121 cm³/mol. The van der Waals surface area contributed by atoms with Gasteiger partial charge in [-0.1, -0.05) is 65.2 Å². The molecule has 3 rings (SSSR count). The summed E-state index contributed by atoms with van der Waals surface area (Å²) in [4.78, 5) is 9.57. The van der Waals surface area contributed by atoms with Gasteiger partial charge in [-0.25, -0.2) is 9.97 Å². The van der Waals surface area contributed by atoms with Gasteiger partial charge in [-0.05, 0) is 61.4 Å². The minimum Gasteiger partial charge on any atom is -0.494 e. The molecule has 1 atom stereocenters. The van der Waals surface area contributed by atoms with Gasteiger partial charge in [-0.2, -0.15) is 0 Å². The lowest BCUT2D eigenvalue weighted by molar-refractivity contribution is 0.304. The smallest absolute Gasteiger partial charge is 0.159 e. The van der Waals surface area contributed by atoms with Crippen molar-refractivity contribution in [1.82, 2.24) is 9.97 Å². The molecule has 0 fully saturated rings. The maximum absolute atomic E-state index is 5.88. The van der Waals surface area contributed by atoms with Crippen molar-refractivity contribution in [2.24, 2.45) is 5.92 Å². The van der Waals surface area contributed by atoms with E-state index in [0.29, 0.717) is 0 Å². The molecule has 1 aromatic carbocycles. The normalized spacial score (nSPS) is 15.9. The fraction of sp³-hybridized carbons (Fsp3) is 0.615. The first-order valence-corrected chi connectivity index (χ1v) is 11.9. The first kappa shape index (κ1) is 21.8. The molecule has 1 heterocycles. The van der Waals surface area contributed by atoms with Crippen LogP contribution in [0.5, 0.6) is 5.75 Å². The highest BCUT2D eigenvalue weighted by atomic mass is 16.5. The van der Waals surface area contributed by atoms with Crippen LogP contribution in [0, 0.1) is 5.92 Å². The summed E-state index contributed by atoms with van der Waals surface area (Å²) >= 11 is 0. The third-order valence-electron chi connectivity index (χ3n) is 6.10. The zero-order valence-electron chi connectivity index (χ0n) is 18.5. The molecule has 3 heteroatoms. The van der Waals surface area contributed by atoms with Gasteiger partial charge < -0.3 is 4.74 Å². The van der Waals surface area contributed by atoms with E-state index >= 15 is 0 Å². The fourth-order valence-corrected chi connectivity index (χ4v) is 4.25. The molecule has 0 bridgehead atoms. The number of unbranched alkanes of at least 4 members (excludes halogenated alkanes) is 6. The summed E-state index contributed by atoms with van der Waals surface area (Å²) in [6.45, 7) is 5.33. The van der Waals surface area contributed by atoms with Crippen molar-refractivity contribution in [3.05, 3.63) is 41.7 Å². The average molecular weight is 395 g/mol. The van der Waals surface area contributed by atoms with E-state index in [1.54, 1.807) is 0 Å². The monoisotopic (exact) mass is 394 g/mol. The molecule has 1 unspecified atom stereocenters. The second kappa shape index (κ2) is 11.9. The van der Waals surface area contributed by atoms with Crippen LogP contribution in [0.3, 0.4) is 0 Å². The number of benzene rings is 1. The Bertz CT molecular complexity index is 726. The van der Waals surface area contributed by atoms with E-state index in [1.807, 2.05) is 12.1 Å². The van der Waals surface area contributed by atoms with Gasteiger partial charge in [0.05, 0.1) is 6.61 Å². The van der Waals surface area contributed by atoms with Crippen LogP contribution >= 0.6 is 0 Å². The maximum Gasteiger partial charge on any atom is 0.159 e. The van der Waals surface area contributed by atoms with E-state index in [2.05, 4.69) is 37.2 Å². The predicted octanol–water partition coefficient (Wildman–Crippen LogP) is 7.18. The van der Waals surface area contributed by atoms with Crippen LogP contribution in [0.4, 0.5) is 0 Å². The number of fused-ring (bicyclic) bond motifs is 1. The molecule has 29 heavy (non-hydrogen) atoms. The van der Waals surface area contributed by atoms with E-state index in [9.17, 15) is 0 Å². The summed E-state index contributed by atoms with van der Waals surface area (Å²) < 4.78 is 5.88. The molecule has 1 aromatic heterocycles. The largest absolute Gasteiger partial charge is 0.494 e. The summed E-state index contributed by atoms with van der Waals surface area (Å²) in [5.74, 6) is 2.61. The highest BCUT2D eigenvalue weighted by molar-refractivity contribution is 5.56. The fourth-order valence-electron chi connectivity index (χ4n) is 4.25. The molecule has 0 aliphatic heterocycles. The quantitative estimate of drug-likeness (QED) is 0.358. The topological polar surface area (TPSA) is 35.0 Å². The second-order valence-electron chi connectivity index (χ2n) is 8.56. The number of rotatable bonds is 12. The van der Waals surface area contributed by atoms with Crippen molar-refractivity contribution in [3.8, 4) is 17.1 Å². The lowest BCUT2D eigenvalue weighted by Gasteiger charge is -2.23. The van der Waals surface area contributed by atoms with Crippen molar-refractivity contribution in [2.75, 3.05) is 6.61 Å². The summed E-state index contributed by atoms with van der Waals surface area (Å²) in [5.41, 5.74) is 3.70. The van der Waals surface area contributed by atoms with Gasteiger partial charge >= 0.3 is 0 Å². The van der Waals surface area contributed by atoms with Crippen molar-refractivity contribution in [1.29, 1.82) is 0 Å². The maximum atomic E-state index is 5.88. The van der Waals surface area contributed by atoms with Crippen molar-refractivity contribution >= 4 is 0 Å². The van der Waals surface area contributed by atoms with Crippen LogP contribution in [0.2, 0.25) is 0 Å². The average Bonchev–Trinajstić information content (AvgIpc) is 2.76. The molecule has 0 amide bonds. The van der Waals surface area contributed by atoms with Crippen LogP contribution in [-0.2, 0) is 12.8 Å². The van der Waals surface area contributed by atoms with E-state index < -0.39 is 0 Å². The molecule has 0 radical (unpaired) electrons. The molecule has 0 spiro atoms. The number of hydrogen-bond acceptors (Lipinski definition) is 3. The van der Waals surface area contributed by atoms with Crippen LogP contribution in [0.15, 0.2) is 30.5 Å². The van der Waals surface area contributed by atoms with Crippen molar-refractivity contribution in [3.63, 3.8) is 0 Å². The highest BCUT2D eigenvalue weighted by Crippen LogP contribution is 2.29. The zero-order valence-corrected chi connectivity index (χ0v) is 18.5. The van der Waals surface area contributed by atoms with Gasteiger partial charge in [0.2, 0.25) is 0 Å². The Morgan fingerprint density at radius 1 is 0.931 bits per heavy atom. The van der Waals surface area contributed by atoms with Crippen LogP contribution in [0.1, 0.15) is 89.3 Å². The standard InChI is InChI=1S/C26H38N2O/c1-3-5-7-8-10-18-29-24-15-13-22(14-16-24)26-27-20-23-19-21(11-9-6-4-2)12-17-25(23)28-26/h13-16,20-21H,3-12,17-19H2,1-2H3. The summed E-state index contributed by atoms with van der Waals surface area (Å²) in [7, 11) is 0. The number of aromatic nitrogens is 2. The molecule has 0 saturated carbocycles. The number of ether oxygens (including phenoxy) is 1. The Hall–Kier alpha value is -1.90. The van der Waals surface area contributed by atoms with Gasteiger partial charge in [0.15, 0.2) is 5.82 Å². The lowest BCUT2D eigenvalue weighted by Crippen LogP contribution is -2.16. The van der Waals surface area contributed by atoms with E-state index in [4.69, 9.17) is 9.72 Å². The molecule has 0 saturated heterocycles. The first-order valence-electron chi connectivity index (χ1n) is 11.9. The van der Waals surface area contributed by atoms with Crippen molar-refractivity contribution < 1.29 is 4.74 Å². The van der Waals surface area contributed by atoms with Gasteiger partial charge in [-0.15, -0.1) is 0 Å². The number of aryl methyl sites for hydroxylation is 1. The molecule has 2 aromatic rings. The van der Waals surface area contributed by atoms with E-state index in [0.717, 1.165) is 48.9 Å². The zero-order chi connectivity index (χ0) is 20.3. The Balaban J connectivity index is 1.51. The Morgan fingerprint density at radius 2 is 1.69 bits per heavy atom. The Labute approximate surface area is 177 Å². The molecular formula is C26H38N2O. The third kappa shape index (κ3) is 6.83. The summed E-state index contributed by atoms with van der Waals surface area (Å²) in [6, 6.07) is 8.27. The summed E-state index contributed by atoms with van der Waals surface area (Å²) in [5, 5.41) is 0. The second-order valence-corrected chi connectivity index (χ2v) is 8.56. The van der Waals surface area contributed by atoms with Crippen LogP contribution in [-0.4, -0.2) is 16.6 Å². The molecule has 158 valence electrons. The SMILES string of the molecule is CCCCCCCOc1ccc(-c2ncc3c(n2)CCC(CCCCC)C3)cc1. The molecular weight excluding hydrogens is 356 g/mol. The highest BCUT2D eigenvalue weighted by Gasteiger charge is 2.20. The van der Waals surface area contributed by atoms with Crippen LogP contribution < -0.4 is 4.74 Å². The molecule has 1 aliphatic carbocycles. The van der Waals surface area contributed by atoms with Crippen molar-refractivity contribution in [2.45, 2.75) is 90.9 Å². The van der Waals surface area contributed by atoms with Gasteiger partial charge in [0, 0.05) is 17.5 Å². The Kier molecular flexibility index (Phi) is 8.98. The van der Waals surface area contributed by atoms with Gasteiger partial charge in [0.1, 0.15) is 5.75 Å². The van der Waals surface area contributed by atoms with Gasteiger partial charge in [-0.3, -0.25) is 0 Å². The first-order chi connectivity index (χ1) is 14.3. The molecule has 1 aliphatic rings. The van der Waals surface area contributed by atoms with Crippen LogP contribution in [0.25, 0.3) is 11.4 Å². The Morgan fingerprint density at radius 3 is 2.48 bits per heavy atom. The molecule has 3 nitrogen and oxygen atoms in total. The van der Waals surface area contributed by atoms with E-state index in [1.165, 1.54) is 69.0 Å². The lowest BCUT2D eigenvalue weighted by atomic mass is 9.84. The summed E-state index contributed by atoms with van der Waals surface area (Å²) in [6.07, 6.45) is 17.3. The third-order valence-corrected chi connectivity index (χ3v) is 6.10. The van der Waals surface area contributed by atoms with E-state index in [-0.39, 0.29) is 0 Å². The minimum atomic E-state index is 0.803. The number of hydrogen-bond donors (Lipinski definition) is 0.